The van der Waals surface area contributed by atoms with E-state index < -0.39 is 12.1 Å². The average Bonchev–Trinajstić information content (AvgIpc) is 2.25. The lowest BCUT2D eigenvalue weighted by atomic mass is 9.98. The van der Waals surface area contributed by atoms with Gasteiger partial charge in [-0.25, -0.2) is 0 Å². The van der Waals surface area contributed by atoms with Gasteiger partial charge in [0.25, 0.3) is 0 Å². The number of carbonyl (C=O) groups is 2. The van der Waals surface area contributed by atoms with Crippen LogP contribution in [0.25, 0.3) is 0 Å². The molecule has 0 aliphatic carbocycles. The molecule has 3 atom stereocenters. The summed E-state index contributed by atoms with van der Waals surface area (Å²) in [6, 6.07) is -0.942. The van der Waals surface area contributed by atoms with Crippen LogP contribution in [0.2, 0.25) is 0 Å². The smallest absolute Gasteiger partial charge is 0.237 e. The number of nitrogens with one attached hydrogen (secondary N) is 1. The Morgan fingerprint density at radius 1 is 1.38 bits per heavy atom. The highest BCUT2D eigenvalue weighted by Gasteiger charge is 2.22. The maximum absolute atomic E-state index is 11.7. The first-order valence-electron chi connectivity index (χ1n) is 5.93. The monoisotopic (exact) mass is 228 g/mol. The van der Waals surface area contributed by atoms with Gasteiger partial charge in [-0.05, 0) is 18.3 Å². The molecule has 0 spiro atoms. The van der Waals surface area contributed by atoms with Crippen molar-refractivity contribution in [1.82, 2.24) is 5.32 Å². The molecule has 4 nitrogen and oxygen atoms in total. The Labute approximate surface area is 98.0 Å². The third kappa shape index (κ3) is 5.26. The number of amides is 1. The van der Waals surface area contributed by atoms with Crippen molar-refractivity contribution in [2.45, 2.75) is 52.6 Å². The van der Waals surface area contributed by atoms with E-state index in [1.165, 1.54) is 0 Å². The van der Waals surface area contributed by atoms with Gasteiger partial charge in [-0.3, -0.25) is 4.79 Å². The normalized spacial score (nSPS) is 16.6. The first-order chi connectivity index (χ1) is 7.42. The highest BCUT2D eigenvalue weighted by atomic mass is 16.2. The van der Waals surface area contributed by atoms with E-state index in [1.807, 2.05) is 27.7 Å². The average molecular weight is 228 g/mol. The van der Waals surface area contributed by atoms with Gasteiger partial charge in [0.15, 0.2) is 0 Å². The number of aldehydes is 1. The molecule has 0 saturated heterocycles. The molecule has 1 amide bonds. The van der Waals surface area contributed by atoms with Crippen molar-refractivity contribution in [1.29, 1.82) is 0 Å². The van der Waals surface area contributed by atoms with Crippen molar-refractivity contribution in [3.05, 3.63) is 0 Å². The molecule has 94 valence electrons. The van der Waals surface area contributed by atoms with Crippen LogP contribution in [0.5, 0.6) is 0 Å². The minimum atomic E-state index is -0.528. The van der Waals surface area contributed by atoms with Gasteiger partial charge < -0.3 is 15.8 Å². The van der Waals surface area contributed by atoms with Crippen LogP contribution in [0.3, 0.4) is 0 Å². The molecule has 0 aromatic carbocycles. The fraction of sp³-hybridized carbons (Fsp3) is 0.833. The predicted molar refractivity (Wildman–Crippen MR) is 64.9 cm³/mol. The van der Waals surface area contributed by atoms with Gasteiger partial charge >= 0.3 is 0 Å². The van der Waals surface area contributed by atoms with E-state index in [0.717, 1.165) is 12.7 Å². The molecule has 0 saturated carbocycles. The van der Waals surface area contributed by atoms with E-state index in [4.69, 9.17) is 5.73 Å². The summed E-state index contributed by atoms with van der Waals surface area (Å²) in [5.41, 5.74) is 5.78. The van der Waals surface area contributed by atoms with Gasteiger partial charge in [-0.2, -0.15) is 0 Å². The zero-order chi connectivity index (χ0) is 12.7. The summed E-state index contributed by atoms with van der Waals surface area (Å²) >= 11 is 0. The van der Waals surface area contributed by atoms with E-state index in [0.29, 0.717) is 12.3 Å². The molecule has 0 heterocycles. The summed E-state index contributed by atoms with van der Waals surface area (Å²) in [6.07, 6.45) is 2.29. The lowest BCUT2D eigenvalue weighted by Gasteiger charge is -2.21. The Kier molecular flexibility index (Phi) is 6.97. The molecular weight excluding hydrogens is 204 g/mol. The van der Waals surface area contributed by atoms with Crippen LogP contribution >= 0.6 is 0 Å². The van der Waals surface area contributed by atoms with Crippen molar-refractivity contribution in [2.24, 2.45) is 17.6 Å². The van der Waals surface area contributed by atoms with Crippen LogP contribution in [0.15, 0.2) is 0 Å². The van der Waals surface area contributed by atoms with Crippen LogP contribution in [-0.4, -0.2) is 24.3 Å². The molecule has 3 N–H and O–H groups in total. The Hall–Kier alpha value is -0.900. The second kappa shape index (κ2) is 7.39. The van der Waals surface area contributed by atoms with Gasteiger partial charge in [-0.15, -0.1) is 0 Å². The Bertz CT molecular complexity index is 229. The molecule has 0 aliphatic rings. The maximum atomic E-state index is 11.7. The number of rotatable bonds is 7. The second-order valence-electron chi connectivity index (χ2n) is 4.79. The summed E-state index contributed by atoms with van der Waals surface area (Å²) < 4.78 is 0. The predicted octanol–water partition coefficient (Wildman–Crippen LogP) is 1.09. The standard InChI is InChI=1S/C12H24N2O2/c1-5-9(4)11(13)12(16)14-10(7-15)6-8(2)3/h7-11H,5-6,13H2,1-4H3,(H,14,16)/t9-,10-,11?/m0/s1. The van der Waals surface area contributed by atoms with Crippen molar-refractivity contribution in [3.8, 4) is 0 Å². The largest absolute Gasteiger partial charge is 0.345 e. The molecule has 0 rings (SSSR count). The van der Waals surface area contributed by atoms with E-state index in [-0.39, 0.29) is 11.8 Å². The SMILES string of the molecule is CC[C@H](C)C(N)C(=O)N[C@H](C=O)CC(C)C. The third-order valence-electron chi connectivity index (χ3n) is 2.78. The second-order valence-corrected chi connectivity index (χ2v) is 4.79. The van der Waals surface area contributed by atoms with Crippen LogP contribution in [-0.2, 0) is 9.59 Å². The van der Waals surface area contributed by atoms with Gasteiger partial charge in [0.1, 0.15) is 6.29 Å². The van der Waals surface area contributed by atoms with Crippen LogP contribution < -0.4 is 11.1 Å². The van der Waals surface area contributed by atoms with Crippen molar-refractivity contribution < 1.29 is 9.59 Å². The summed E-state index contributed by atoms with van der Waals surface area (Å²) in [5.74, 6) is 0.272. The van der Waals surface area contributed by atoms with Crippen LogP contribution in [0, 0.1) is 11.8 Å². The fourth-order valence-corrected chi connectivity index (χ4v) is 1.45. The fourth-order valence-electron chi connectivity index (χ4n) is 1.45. The van der Waals surface area contributed by atoms with Crippen LogP contribution in [0.4, 0.5) is 0 Å². The van der Waals surface area contributed by atoms with E-state index in [9.17, 15) is 9.59 Å². The van der Waals surface area contributed by atoms with Crippen molar-refractivity contribution >= 4 is 12.2 Å². The molecule has 1 unspecified atom stereocenters. The first-order valence-corrected chi connectivity index (χ1v) is 5.93. The Balaban J connectivity index is 4.24. The highest BCUT2D eigenvalue weighted by Crippen LogP contribution is 2.07. The van der Waals surface area contributed by atoms with Crippen molar-refractivity contribution in [2.75, 3.05) is 0 Å². The number of hydrogen-bond donors (Lipinski definition) is 2. The Morgan fingerprint density at radius 2 is 1.94 bits per heavy atom. The van der Waals surface area contributed by atoms with E-state index >= 15 is 0 Å². The zero-order valence-corrected chi connectivity index (χ0v) is 10.7. The van der Waals surface area contributed by atoms with Crippen LogP contribution in [0.1, 0.15) is 40.5 Å². The van der Waals surface area contributed by atoms with Gasteiger partial charge in [-0.1, -0.05) is 34.1 Å². The minimum Gasteiger partial charge on any atom is -0.345 e. The molecule has 0 radical (unpaired) electrons. The quantitative estimate of drug-likeness (QED) is 0.641. The number of carbonyl (C=O) groups excluding carboxylic acids is 2. The van der Waals surface area contributed by atoms with E-state index in [1.54, 1.807) is 0 Å². The minimum absolute atomic E-state index is 0.131. The molecule has 4 heteroatoms. The topological polar surface area (TPSA) is 72.2 Å². The molecule has 0 aromatic heterocycles. The lowest BCUT2D eigenvalue weighted by Crippen LogP contribution is -2.49. The van der Waals surface area contributed by atoms with Crippen molar-refractivity contribution in [3.63, 3.8) is 0 Å². The summed E-state index contributed by atoms with van der Waals surface area (Å²) in [4.78, 5) is 22.5. The molecular formula is C12H24N2O2. The zero-order valence-electron chi connectivity index (χ0n) is 10.7. The number of nitrogens with two attached hydrogens (primary N) is 1. The highest BCUT2D eigenvalue weighted by molar-refractivity contribution is 5.84. The maximum Gasteiger partial charge on any atom is 0.237 e. The lowest BCUT2D eigenvalue weighted by molar-refractivity contribution is -0.126. The van der Waals surface area contributed by atoms with Gasteiger partial charge in [0.05, 0.1) is 12.1 Å². The van der Waals surface area contributed by atoms with E-state index in [2.05, 4.69) is 5.32 Å². The molecule has 0 fully saturated rings. The van der Waals surface area contributed by atoms with Gasteiger partial charge in [0, 0.05) is 0 Å². The Morgan fingerprint density at radius 3 is 2.31 bits per heavy atom. The molecule has 0 aromatic rings. The third-order valence-corrected chi connectivity index (χ3v) is 2.78. The molecule has 0 bridgehead atoms. The summed E-state index contributed by atoms with van der Waals surface area (Å²) in [6.45, 7) is 7.94. The van der Waals surface area contributed by atoms with Gasteiger partial charge in [0.2, 0.25) is 5.91 Å². The summed E-state index contributed by atoms with van der Waals surface area (Å²) in [7, 11) is 0. The number of hydrogen-bond acceptors (Lipinski definition) is 3. The summed E-state index contributed by atoms with van der Waals surface area (Å²) in [5, 5.41) is 2.68. The molecule has 16 heavy (non-hydrogen) atoms. The first kappa shape index (κ1) is 15.1. The molecule has 0 aliphatic heterocycles.